The Balaban J connectivity index is -0.000000163. The van der Waals surface area contributed by atoms with Gasteiger partial charge in [-0.1, -0.05) is 6.07 Å². The van der Waals surface area contributed by atoms with Crippen LogP contribution in [0.5, 0.6) is 0 Å². The largest absolute Gasteiger partial charge is 2.00 e. The summed E-state index contributed by atoms with van der Waals surface area (Å²) >= 11 is 0. The third-order valence-corrected chi connectivity index (χ3v) is 0.843. The van der Waals surface area contributed by atoms with Crippen LogP contribution in [0.4, 0.5) is 0 Å². The molecule has 0 atom stereocenters. The molecule has 0 saturated carbocycles. The first kappa shape index (κ1) is 17.0. The Morgan fingerprint density at radius 1 is 1.00 bits per heavy atom. The molecule has 0 N–H and O–H groups in total. The molecule has 0 spiro atoms. The Morgan fingerprint density at radius 2 is 1.40 bits per heavy atom. The molecule has 0 aliphatic carbocycles. The van der Waals surface area contributed by atoms with E-state index in [0.717, 1.165) is 5.56 Å². The topological polar surface area (TPSA) is 0 Å². The van der Waals surface area contributed by atoms with Crippen molar-refractivity contribution in [2.75, 3.05) is 0 Å². The van der Waals surface area contributed by atoms with Gasteiger partial charge in [0, 0.05) is 0 Å². The minimum Gasteiger partial charge on any atom is -1.00 e. The molecule has 0 aliphatic heterocycles. The van der Waals surface area contributed by atoms with Crippen molar-refractivity contribution in [3.8, 4) is 0 Å². The second kappa shape index (κ2) is 9.68. The maximum atomic E-state index is 3.72. The zero-order valence-electron chi connectivity index (χ0n) is 5.18. The summed E-state index contributed by atoms with van der Waals surface area (Å²) in [5, 5.41) is 0. The molecular weight excluding hydrogens is 171 g/mol. The first-order chi connectivity index (χ1) is 3.39. The van der Waals surface area contributed by atoms with Crippen molar-refractivity contribution in [3.63, 3.8) is 0 Å². The second-order valence-electron chi connectivity index (χ2n) is 1.49. The van der Waals surface area contributed by atoms with E-state index in [1.165, 1.54) is 0 Å². The zero-order chi connectivity index (χ0) is 5.11. The van der Waals surface area contributed by atoms with E-state index in [-0.39, 0.29) is 52.8 Å². The number of hydrogen-bond donors (Lipinski definition) is 0. The van der Waals surface area contributed by atoms with Crippen LogP contribution in [0.25, 0.3) is 0 Å². The summed E-state index contributed by atoms with van der Waals surface area (Å²) in [7, 11) is 0. The van der Waals surface area contributed by atoms with Gasteiger partial charge in [-0.3, -0.25) is 0 Å². The van der Waals surface area contributed by atoms with Gasteiger partial charge in [-0.2, -0.15) is 24.6 Å². The number of hydrogen-bond acceptors (Lipinski definition) is 0. The SMILES string of the molecule is [AlH3].[CH2-]c1ccccc1.[Cl-].[Mg+2]. The summed E-state index contributed by atoms with van der Waals surface area (Å²) < 4.78 is 0. The van der Waals surface area contributed by atoms with E-state index in [4.69, 9.17) is 0 Å². The fraction of sp³-hybridized carbons (Fsp3) is 0. The van der Waals surface area contributed by atoms with Crippen LogP contribution in [0.1, 0.15) is 5.56 Å². The maximum absolute atomic E-state index is 3.72. The van der Waals surface area contributed by atoms with Crippen LogP contribution in [-0.4, -0.2) is 40.4 Å². The van der Waals surface area contributed by atoms with Gasteiger partial charge in [0.1, 0.15) is 0 Å². The van der Waals surface area contributed by atoms with Crippen molar-refractivity contribution < 1.29 is 12.4 Å². The Kier molecular flexibility index (Phi) is 16.4. The van der Waals surface area contributed by atoms with E-state index in [0.29, 0.717) is 0 Å². The van der Waals surface area contributed by atoms with Crippen LogP contribution in [0.3, 0.4) is 0 Å². The summed E-state index contributed by atoms with van der Waals surface area (Å²) in [4.78, 5) is 0. The molecule has 0 nitrogen and oxygen atoms in total. The fourth-order valence-electron chi connectivity index (χ4n) is 0.478. The van der Waals surface area contributed by atoms with Crippen LogP contribution >= 0.6 is 0 Å². The van der Waals surface area contributed by atoms with Gasteiger partial charge in [-0.25, -0.2) is 0 Å². The van der Waals surface area contributed by atoms with E-state index in [1.807, 2.05) is 30.3 Å². The molecule has 0 fully saturated rings. The Bertz CT molecular complexity index is 144. The maximum Gasteiger partial charge on any atom is 2.00 e. The molecule has 1 aromatic carbocycles. The monoisotopic (exact) mass is 180 g/mol. The van der Waals surface area contributed by atoms with E-state index in [9.17, 15) is 0 Å². The molecule has 0 unspecified atom stereocenters. The summed E-state index contributed by atoms with van der Waals surface area (Å²) in [6.45, 7) is 3.72. The third kappa shape index (κ3) is 6.79. The predicted molar refractivity (Wildman–Crippen MR) is 46.6 cm³/mol. The summed E-state index contributed by atoms with van der Waals surface area (Å²) in [6.07, 6.45) is 0. The van der Waals surface area contributed by atoms with E-state index in [2.05, 4.69) is 6.92 Å². The van der Waals surface area contributed by atoms with Gasteiger partial charge < -0.3 is 12.4 Å². The molecule has 0 heterocycles. The van der Waals surface area contributed by atoms with Crippen molar-refractivity contribution in [2.24, 2.45) is 0 Å². The quantitative estimate of drug-likeness (QED) is 0.302. The molecular formula is C7H10AlClMg. The van der Waals surface area contributed by atoms with E-state index >= 15 is 0 Å². The molecule has 0 radical (unpaired) electrons. The fourth-order valence-corrected chi connectivity index (χ4v) is 0.478. The third-order valence-electron chi connectivity index (χ3n) is 0.843. The molecule has 3 heteroatoms. The molecule has 0 aromatic heterocycles. The summed E-state index contributed by atoms with van der Waals surface area (Å²) in [5.41, 5.74) is 1.07. The van der Waals surface area contributed by atoms with Gasteiger partial charge in [0.05, 0.1) is 0 Å². The number of rotatable bonds is 0. The molecule has 1 rings (SSSR count). The average Bonchev–Trinajstić information content (AvgIpc) is 1.69. The molecule has 10 heavy (non-hydrogen) atoms. The minimum absolute atomic E-state index is 0. The van der Waals surface area contributed by atoms with E-state index in [1.54, 1.807) is 0 Å². The summed E-state index contributed by atoms with van der Waals surface area (Å²) in [5.74, 6) is 0. The Morgan fingerprint density at radius 3 is 1.60 bits per heavy atom. The van der Waals surface area contributed by atoms with Crippen LogP contribution in [0, 0.1) is 6.92 Å². The van der Waals surface area contributed by atoms with Crippen LogP contribution in [0.15, 0.2) is 30.3 Å². The van der Waals surface area contributed by atoms with Crippen LogP contribution < -0.4 is 12.4 Å². The molecule has 1 aromatic rings. The summed E-state index contributed by atoms with van der Waals surface area (Å²) in [6, 6.07) is 9.87. The number of halogens is 1. The smallest absolute Gasteiger partial charge is 1.00 e. The molecule has 0 saturated heterocycles. The zero-order valence-corrected chi connectivity index (χ0v) is 7.35. The van der Waals surface area contributed by atoms with Crippen molar-refractivity contribution in [2.45, 2.75) is 0 Å². The van der Waals surface area contributed by atoms with Crippen molar-refractivity contribution in [1.29, 1.82) is 0 Å². The first-order valence-electron chi connectivity index (χ1n) is 2.26. The average molecular weight is 181 g/mol. The van der Waals surface area contributed by atoms with Crippen LogP contribution in [0.2, 0.25) is 0 Å². The van der Waals surface area contributed by atoms with E-state index < -0.39 is 0 Å². The Hall–Kier alpha value is 0.679. The van der Waals surface area contributed by atoms with Gasteiger partial charge in [0.15, 0.2) is 17.4 Å². The predicted octanol–water partition coefficient (Wildman–Crippen LogP) is -2.69. The van der Waals surface area contributed by atoms with Gasteiger partial charge in [0.2, 0.25) is 0 Å². The molecule has 50 valence electrons. The molecule has 0 amide bonds. The molecule has 0 aliphatic rings. The van der Waals surface area contributed by atoms with Gasteiger partial charge >= 0.3 is 23.1 Å². The Labute approximate surface area is 95.1 Å². The normalized spacial score (nSPS) is 6.00. The first-order valence-corrected chi connectivity index (χ1v) is 2.26. The minimum atomic E-state index is 0. The standard InChI is InChI=1S/C7H7.Al.ClH.Mg.3H/c1-7-5-3-2-4-6-7;;;;;;/h2-6H,1H2;;1H;;;;/q-1;;;+2;;;/p-1. The van der Waals surface area contributed by atoms with Crippen molar-refractivity contribution in [3.05, 3.63) is 42.8 Å². The van der Waals surface area contributed by atoms with Gasteiger partial charge in [-0.15, -0.1) is 12.1 Å². The van der Waals surface area contributed by atoms with Crippen molar-refractivity contribution in [1.82, 2.24) is 0 Å². The van der Waals surface area contributed by atoms with Crippen LogP contribution in [-0.2, 0) is 0 Å². The van der Waals surface area contributed by atoms with Gasteiger partial charge in [0.25, 0.3) is 0 Å². The number of benzene rings is 1. The van der Waals surface area contributed by atoms with Crippen molar-refractivity contribution >= 4 is 40.4 Å². The second-order valence-corrected chi connectivity index (χ2v) is 1.49. The molecule has 0 bridgehead atoms. The van der Waals surface area contributed by atoms with Gasteiger partial charge in [-0.05, 0) is 0 Å².